The maximum Gasteiger partial charge on any atom is 0.245 e. The second-order valence-corrected chi connectivity index (χ2v) is 10.5. The zero-order chi connectivity index (χ0) is 24.0. The first kappa shape index (κ1) is 25.3. The van der Waals surface area contributed by atoms with Gasteiger partial charge in [0, 0.05) is 24.4 Å². The summed E-state index contributed by atoms with van der Waals surface area (Å²) in [5, 5.41) is 8.25. The Balaban J connectivity index is 1.74. The summed E-state index contributed by atoms with van der Waals surface area (Å²) >= 11 is 6.42. The van der Waals surface area contributed by atoms with Gasteiger partial charge in [0.05, 0.1) is 22.9 Å². The summed E-state index contributed by atoms with van der Waals surface area (Å²) in [5.74, 6) is 1.04. The number of aromatic nitrogens is 2. The molecular formula is C26H37ClN4O2. The lowest BCUT2D eigenvalue weighted by molar-refractivity contribution is -0.135. The van der Waals surface area contributed by atoms with Gasteiger partial charge >= 0.3 is 0 Å². The predicted octanol–water partition coefficient (Wildman–Crippen LogP) is 5.97. The van der Waals surface area contributed by atoms with Crippen molar-refractivity contribution in [2.75, 3.05) is 18.4 Å². The van der Waals surface area contributed by atoms with Crippen molar-refractivity contribution in [3.63, 3.8) is 0 Å². The number of benzene rings is 1. The van der Waals surface area contributed by atoms with E-state index in [9.17, 15) is 9.59 Å². The molecule has 1 saturated carbocycles. The van der Waals surface area contributed by atoms with Gasteiger partial charge in [-0.15, -0.1) is 0 Å². The molecule has 180 valence electrons. The number of carbonyl (C=O) groups is 2. The van der Waals surface area contributed by atoms with Crippen LogP contribution in [0.1, 0.15) is 78.3 Å². The average Bonchev–Trinajstić information content (AvgIpc) is 3.42. The second kappa shape index (κ2) is 11.2. The molecule has 1 heterocycles. The summed E-state index contributed by atoms with van der Waals surface area (Å²) in [4.78, 5) is 27.6. The van der Waals surface area contributed by atoms with Crippen molar-refractivity contribution in [1.29, 1.82) is 0 Å². The Hall–Kier alpha value is -2.34. The smallest absolute Gasteiger partial charge is 0.245 e. The molecule has 0 radical (unpaired) electrons. The van der Waals surface area contributed by atoms with E-state index in [-0.39, 0.29) is 23.8 Å². The monoisotopic (exact) mass is 472 g/mol. The highest BCUT2D eigenvalue weighted by Gasteiger charge is 2.24. The summed E-state index contributed by atoms with van der Waals surface area (Å²) in [6, 6.07) is 9.29. The van der Waals surface area contributed by atoms with Gasteiger partial charge in [-0.25, -0.2) is 4.68 Å². The molecule has 3 rings (SSSR count). The molecular weight excluding hydrogens is 436 g/mol. The number of halogens is 1. The number of carbonyl (C=O) groups excluding carboxylic acids is 2. The van der Waals surface area contributed by atoms with E-state index in [2.05, 4.69) is 26.1 Å². The molecule has 0 atom stereocenters. The Bertz CT molecular complexity index is 957. The van der Waals surface area contributed by atoms with Gasteiger partial charge in [0.2, 0.25) is 11.8 Å². The largest absolute Gasteiger partial charge is 0.333 e. The van der Waals surface area contributed by atoms with Crippen molar-refractivity contribution in [1.82, 2.24) is 14.7 Å². The molecule has 0 spiro atoms. The van der Waals surface area contributed by atoms with Crippen molar-refractivity contribution in [3.05, 3.63) is 41.0 Å². The third-order valence-electron chi connectivity index (χ3n) is 6.25. The number of amides is 2. The van der Waals surface area contributed by atoms with Crippen LogP contribution >= 0.6 is 11.6 Å². The Morgan fingerprint density at radius 2 is 1.91 bits per heavy atom. The molecule has 0 bridgehead atoms. The number of nitrogens with one attached hydrogen (secondary N) is 1. The fraction of sp³-hybridized carbons (Fsp3) is 0.577. The van der Waals surface area contributed by atoms with Gasteiger partial charge < -0.3 is 10.2 Å². The first-order chi connectivity index (χ1) is 15.7. The fourth-order valence-electron chi connectivity index (χ4n) is 4.35. The highest BCUT2D eigenvalue weighted by molar-refractivity contribution is 6.32. The van der Waals surface area contributed by atoms with Crippen molar-refractivity contribution >= 4 is 29.2 Å². The molecule has 1 N–H and O–H groups in total. The number of anilines is 1. The van der Waals surface area contributed by atoms with Gasteiger partial charge in [-0.3, -0.25) is 9.59 Å². The van der Waals surface area contributed by atoms with E-state index in [4.69, 9.17) is 16.7 Å². The number of hydrogen-bond acceptors (Lipinski definition) is 3. The maximum atomic E-state index is 13.0. The number of hydrogen-bond donors (Lipinski definition) is 1. The lowest BCUT2D eigenvalue weighted by Crippen LogP contribution is -2.38. The Morgan fingerprint density at radius 3 is 2.55 bits per heavy atom. The first-order valence-electron chi connectivity index (χ1n) is 12.1. The van der Waals surface area contributed by atoms with Crippen LogP contribution in [-0.4, -0.2) is 39.6 Å². The fourth-order valence-corrected chi connectivity index (χ4v) is 4.56. The van der Waals surface area contributed by atoms with Gasteiger partial charge in [0.15, 0.2) is 0 Å². The van der Waals surface area contributed by atoms with E-state index in [1.165, 1.54) is 25.7 Å². The summed E-state index contributed by atoms with van der Waals surface area (Å²) < 4.78 is 1.67. The molecule has 1 fully saturated rings. The molecule has 6 nitrogen and oxygen atoms in total. The standard InChI is InChI=1S/C26H37ClN4O2/c1-5-16-30(25(33)15-14-19-10-6-7-11-19)18-24(32)28-23-17-22(26(2,3)4)29-31(23)21-13-9-8-12-20(21)27/h8-9,12-13,17,19H,5-7,10-11,14-16,18H2,1-4H3,(H,28,32). The van der Waals surface area contributed by atoms with E-state index in [1.807, 2.05) is 31.2 Å². The highest BCUT2D eigenvalue weighted by atomic mass is 35.5. The van der Waals surface area contributed by atoms with Crippen LogP contribution in [0.3, 0.4) is 0 Å². The molecule has 7 heteroatoms. The summed E-state index contributed by atoms with van der Waals surface area (Å²) in [5.41, 5.74) is 1.34. The quantitative estimate of drug-likeness (QED) is 0.488. The second-order valence-electron chi connectivity index (χ2n) is 10.1. The molecule has 2 aromatic rings. The molecule has 1 aromatic carbocycles. The molecule has 1 aliphatic rings. The van der Waals surface area contributed by atoms with Crippen LogP contribution in [0.15, 0.2) is 30.3 Å². The van der Waals surface area contributed by atoms with Crippen LogP contribution in [0.4, 0.5) is 5.82 Å². The van der Waals surface area contributed by atoms with Crippen molar-refractivity contribution in [2.45, 2.75) is 78.1 Å². The van der Waals surface area contributed by atoms with E-state index in [1.54, 1.807) is 15.6 Å². The van der Waals surface area contributed by atoms with Gasteiger partial charge in [-0.05, 0) is 30.9 Å². The van der Waals surface area contributed by atoms with Crippen LogP contribution in [-0.2, 0) is 15.0 Å². The van der Waals surface area contributed by atoms with Crippen LogP contribution in [0.2, 0.25) is 5.02 Å². The molecule has 0 unspecified atom stereocenters. The molecule has 0 aliphatic heterocycles. The van der Waals surface area contributed by atoms with Crippen molar-refractivity contribution in [2.24, 2.45) is 5.92 Å². The van der Waals surface area contributed by atoms with Crippen LogP contribution in [0.5, 0.6) is 0 Å². The predicted molar refractivity (Wildman–Crippen MR) is 134 cm³/mol. The zero-order valence-corrected chi connectivity index (χ0v) is 21.1. The summed E-state index contributed by atoms with van der Waals surface area (Å²) in [7, 11) is 0. The van der Waals surface area contributed by atoms with Gasteiger partial charge in [0.1, 0.15) is 5.82 Å². The Morgan fingerprint density at radius 1 is 1.21 bits per heavy atom. The third kappa shape index (κ3) is 6.83. The minimum absolute atomic E-state index is 0.0376. The minimum Gasteiger partial charge on any atom is -0.333 e. The number of nitrogens with zero attached hydrogens (tertiary/aromatic N) is 3. The van der Waals surface area contributed by atoms with E-state index in [0.29, 0.717) is 35.4 Å². The van der Waals surface area contributed by atoms with Crippen LogP contribution in [0.25, 0.3) is 5.69 Å². The Labute approximate surface area is 202 Å². The SMILES string of the molecule is CCCN(CC(=O)Nc1cc(C(C)(C)C)nn1-c1ccccc1Cl)C(=O)CCC1CCCC1. The van der Waals surface area contributed by atoms with E-state index >= 15 is 0 Å². The lowest BCUT2D eigenvalue weighted by Gasteiger charge is -2.22. The number of para-hydroxylation sites is 1. The molecule has 33 heavy (non-hydrogen) atoms. The highest BCUT2D eigenvalue weighted by Crippen LogP contribution is 2.30. The molecule has 2 amide bonds. The van der Waals surface area contributed by atoms with E-state index in [0.717, 1.165) is 18.5 Å². The maximum absolute atomic E-state index is 13.0. The van der Waals surface area contributed by atoms with E-state index < -0.39 is 0 Å². The minimum atomic E-state index is -0.230. The number of rotatable bonds is 9. The molecule has 1 aromatic heterocycles. The summed E-state index contributed by atoms with van der Waals surface area (Å²) in [6.45, 7) is 8.86. The molecule has 1 aliphatic carbocycles. The normalized spacial score (nSPS) is 14.5. The Kier molecular flexibility index (Phi) is 8.57. The van der Waals surface area contributed by atoms with Crippen molar-refractivity contribution < 1.29 is 9.59 Å². The first-order valence-corrected chi connectivity index (χ1v) is 12.5. The topological polar surface area (TPSA) is 67.2 Å². The average molecular weight is 473 g/mol. The summed E-state index contributed by atoms with van der Waals surface area (Å²) in [6.07, 6.45) is 7.26. The zero-order valence-electron chi connectivity index (χ0n) is 20.4. The van der Waals surface area contributed by atoms with Crippen LogP contribution in [0, 0.1) is 5.92 Å². The van der Waals surface area contributed by atoms with Crippen molar-refractivity contribution in [3.8, 4) is 5.69 Å². The van der Waals surface area contributed by atoms with Gasteiger partial charge in [0.25, 0.3) is 0 Å². The van der Waals surface area contributed by atoms with Crippen LogP contribution < -0.4 is 5.32 Å². The third-order valence-corrected chi connectivity index (χ3v) is 6.57. The van der Waals surface area contributed by atoms with Gasteiger partial charge in [-0.1, -0.05) is 77.1 Å². The van der Waals surface area contributed by atoms with Gasteiger partial charge in [-0.2, -0.15) is 5.10 Å². The molecule has 0 saturated heterocycles. The lowest BCUT2D eigenvalue weighted by atomic mass is 9.92.